The maximum Gasteiger partial charge on any atom is 0.315 e. The van der Waals surface area contributed by atoms with Gasteiger partial charge in [0.25, 0.3) is 5.91 Å². The molecule has 0 spiro atoms. The SMILES string of the molecule is C=CC(=O)NCC[C@H](NC(=O)NC(C)(C)C)C(=O)N1CC2C([C@H]1C(=O)NC(CC1CCC1)C(=O)C(N)=O)C2(C)C. The van der Waals surface area contributed by atoms with Crippen molar-refractivity contribution in [3.05, 3.63) is 12.7 Å². The summed E-state index contributed by atoms with van der Waals surface area (Å²) in [7, 11) is 0. The molecule has 2 saturated carbocycles. The molecule has 3 fully saturated rings. The summed E-state index contributed by atoms with van der Waals surface area (Å²) in [6.07, 6.45) is 4.38. The number of nitrogens with zero attached hydrogens (tertiary/aromatic N) is 1. The van der Waals surface area contributed by atoms with Crippen LogP contribution >= 0.6 is 0 Å². The number of ketones is 1. The van der Waals surface area contributed by atoms with Crippen molar-refractivity contribution in [1.82, 2.24) is 26.2 Å². The number of piperidine rings is 1. The van der Waals surface area contributed by atoms with Gasteiger partial charge in [0.2, 0.25) is 23.5 Å². The van der Waals surface area contributed by atoms with Crippen LogP contribution in [0.25, 0.3) is 0 Å². The lowest BCUT2D eigenvalue weighted by molar-refractivity contribution is -0.143. The van der Waals surface area contributed by atoms with Gasteiger partial charge in [0.15, 0.2) is 0 Å². The average Bonchev–Trinajstić information content (AvgIpc) is 3.15. The molecule has 1 saturated heterocycles. The van der Waals surface area contributed by atoms with Crippen molar-refractivity contribution in [2.45, 2.75) is 90.4 Å². The van der Waals surface area contributed by atoms with Crippen LogP contribution in [-0.4, -0.2) is 77.1 Å². The molecule has 6 amide bonds. The molecular formula is C28H44N6O6. The first-order valence-electron chi connectivity index (χ1n) is 14.0. The number of fused-ring (bicyclic) bond motifs is 1. The molecule has 1 aliphatic heterocycles. The molecule has 3 aliphatic rings. The third-order valence-corrected chi connectivity index (χ3v) is 8.44. The van der Waals surface area contributed by atoms with Crippen LogP contribution in [-0.2, 0) is 24.0 Å². The number of nitrogens with one attached hydrogen (secondary N) is 4. The van der Waals surface area contributed by atoms with E-state index in [1.165, 1.54) is 4.90 Å². The van der Waals surface area contributed by atoms with Crippen molar-refractivity contribution in [2.75, 3.05) is 13.1 Å². The monoisotopic (exact) mass is 560 g/mol. The lowest BCUT2D eigenvalue weighted by Gasteiger charge is -2.35. The lowest BCUT2D eigenvalue weighted by Crippen LogP contribution is -2.60. The largest absolute Gasteiger partial charge is 0.363 e. The summed E-state index contributed by atoms with van der Waals surface area (Å²) in [5.41, 5.74) is 4.53. The maximum absolute atomic E-state index is 13.9. The van der Waals surface area contributed by atoms with Gasteiger partial charge in [0.1, 0.15) is 12.1 Å². The summed E-state index contributed by atoms with van der Waals surface area (Å²) in [4.78, 5) is 77.7. The first-order chi connectivity index (χ1) is 18.6. The van der Waals surface area contributed by atoms with Gasteiger partial charge in [-0.2, -0.15) is 0 Å². The molecule has 5 atom stereocenters. The van der Waals surface area contributed by atoms with Gasteiger partial charge in [0, 0.05) is 18.6 Å². The highest BCUT2D eigenvalue weighted by molar-refractivity contribution is 6.37. The number of likely N-dealkylation sites (tertiary alicyclic amines) is 1. The second-order valence-corrected chi connectivity index (χ2v) is 12.9. The van der Waals surface area contributed by atoms with Crippen molar-refractivity contribution in [3.63, 3.8) is 0 Å². The van der Waals surface area contributed by atoms with Gasteiger partial charge in [0.05, 0.1) is 6.04 Å². The van der Waals surface area contributed by atoms with E-state index >= 15 is 0 Å². The molecule has 6 N–H and O–H groups in total. The van der Waals surface area contributed by atoms with Gasteiger partial charge in [-0.25, -0.2) is 4.79 Å². The van der Waals surface area contributed by atoms with E-state index in [2.05, 4.69) is 27.8 Å². The first kappa shape index (κ1) is 31.1. The fourth-order valence-electron chi connectivity index (χ4n) is 5.94. The van der Waals surface area contributed by atoms with Crippen molar-refractivity contribution in [3.8, 4) is 0 Å². The molecule has 2 aliphatic carbocycles. The normalized spacial score (nSPS) is 24.4. The van der Waals surface area contributed by atoms with E-state index in [0.29, 0.717) is 13.0 Å². The van der Waals surface area contributed by atoms with E-state index < -0.39 is 59.1 Å². The van der Waals surface area contributed by atoms with Crippen LogP contribution in [0.1, 0.15) is 66.7 Å². The Hall–Kier alpha value is -3.44. The van der Waals surface area contributed by atoms with E-state index in [9.17, 15) is 28.8 Å². The zero-order valence-electron chi connectivity index (χ0n) is 24.2. The second-order valence-electron chi connectivity index (χ2n) is 12.9. The van der Waals surface area contributed by atoms with Gasteiger partial charge in [-0.05, 0) is 62.9 Å². The van der Waals surface area contributed by atoms with Crippen molar-refractivity contribution in [2.24, 2.45) is 28.9 Å². The number of amides is 6. The Morgan fingerprint density at radius 2 is 1.73 bits per heavy atom. The minimum Gasteiger partial charge on any atom is -0.363 e. The molecule has 1 heterocycles. The van der Waals surface area contributed by atoms with Crippen LogP contribution in [0, 0.1) is 23.2 Å². The number of carbonyl (C=O) groups is 6. The number of nitrogens with two attached hydrogens (primary N) is 1. The van der Waals surface area contributed by atoms with Crippen LogP contribution in [0.15, 0.2) is 12.7 Å². The van der Waals surface area contributed by atoms with Gasteiger partial charge in [-0.3, -0.25) is 24.0 Å². The van der Waals surface area contributed by atoms with Gasteiger partial charge < -0.3 is 31.9 Å². The van der Waals surface area contributed by atoms with Crippen LogP contribution in [0.4, 0.5) is 4.79 Å². The highest BCUT2D eigenvalue weighted by Crippen LogP contribution is 2.65. The molecule has 0 aromatic carbocycles. The second kappa shape index (κ2) is 12.0. The Labute approximate surface area is 235 Å². The number of rotatable bonds is 12. The van der Waals surface area contributed by atoms with E-state index in [4.69, 9.17) is 5.73 Å². The quantitative estimate of drug-likeness (QED) is 0.170. The van der Waals surface area contributed by atoms with Crippen LogP contribution in [0.5, 0.6) is 0 Å². The molecule has 0 aromatic rings. The molecule has 3 unspecified atom stereocenters. The molecule has 0 bridgehead atoms. The Bertz CT molecular complexity index is 1060. The molecule has 0 aromatic heterocycles. The Morgan fingerprint density at radius 1 is 1.07 bits per heavy atom. The zero-order valence-corrected chi connectivity index (χ0v) is 24.2. The van der Waals surface area contributed by atoms with Crippen LogP contribution < -0.4 is 27.0 Å². The zero-order chi connectivity index (χ0) is 30.0. The topological polar surface area (TPSA) is 180 Å². The van der Waals surface area contributed by atoms with E-state index in [-0.39, 0.29) is 36.1 Å². The smallest absolute Gasteiger partial charge is 0.315 e. The number of carbonyl (C=O) groups excluding carboxylic acids is 6. The van der Waals surface area contributed by atoms with E-state index in [1.807, 2.05) is 13.8 Å². The van der Waals surface area contributed by atoms with Crippen molar-refractivity contribution < 1.29 is 28.8 Å². The number of hydrogen-bond donors (Lipinski definition) is 5. The molecule has 12 heteroatoms. The van der Waals surface area contributed by atoms with E-state index in [0.717, 1.165) is 25.3 Å². The highest BCUT2D eigenvalue weighted by atomic mass is 16.2. The third kappa shape index (κ3) is 7.19. The fourth-order valence-corrected chi connectivity index (χ4v) is 5.94. The fraction of sp³-hybridized carbons (Fsp3) is 0.714. The molecule has 40 heavy (non-hydrogen) atoms. The van der Waals surface area contributed by atoms with Crippen LogP contribution in [0.2, 0.25) is 0 Å². The van der Waals surface area contributed by atoms with Crippen molar-refractivity contribution >= 4 is 35.4 Å². The van der Waals surface area contributed by atoms with Crippen LogP contribution in [0.3, 0.4) is 0 Å². The Morgan fingerprint density at radius 3 is 2.25 bits per heavy atom. The summed E-state index contributed by atoms with van der Waals surface area (Å²) in [5, 5.41) is 10.8. The minimum absolute atomic E-state index is 0.0636. The number of urea groups is 1. The molecule has 222 valence electrons. The molecule has 0 radical (unpaired) electrons. The average molecular weight is 561 g/mol. The Balaban J connectivity index is 1.81. The standard InChI is InChI=1S/C28H44N6O6/c1-7-19(35)30-12-11-17(32-26(40)33-27(2,3)4)25(39)34-14-16-20(28(16,5)6)21(34)24(38)31-18(22(36)23(29)37)13-15-9-8-10-15/h7,15-18,20-21H,1,8-14H2,2-6H3,(H2,29,37)(H,30,35)(H,31,38)(H2,32,33,40)/t16?,17-,18?,20?,21-/m0/s1. The highest BCUT2D eigenvalue weighted by Gasteiger charge is 2.69. The summed E-state index contributed by atoms with van der Waals surface area (Å²) in [5.74, 6) is -3.20. The number of hydrogen-bond acceptors (Lipinski definition) is 6. The Kier molecular flexibility index (Phi) is 9.31. The first-order valence-corrected chi connectivity index (χ1v) is 14.0. The number of Topliss-reactive ketones (excluding diaryl/α,β-unsaturated/α-hetero) is 1. The van der Waals surface area contributed by atoms with Gasteiger partial charge in [-0.15, -0.1) is 0 Å². The predicted octanol–water partition coefficient (Wildman–Crippen LogP) is 0.357. The summed E-state index contributed by atoms with van der Waals surface area (Å²) in [6, 6.07) is -3.51. The molecule has 12 nitrogen and oxygen atoms in total. The maximum atomic E-state index is 13.9. The summed E-state index contributed by atoms with van der Waals surface area (Å²) in [6.45, 7) is 13.3. The summed E-state index contributed by atoms with van der Waals surface area (Å²) >= 11 is 0. The molecular weight excluding hydrogens is 516 g/mol. The van der Waals surface area contributed by atoms with E-state index in [1.54, 1.807) is 20.8 Å². The van der Waals surface area contributed by atoms with Crippen molar-refractivity contribution in [1.29, 1.82) is 0 Å². The summed E-state index contributed by atoms with van der Waals surface area (Å²) < 4.78 is 0. The minimum atomic E-state index is -1.11. The molecule has 3 rings (SSSR count). The third-order valence-electron chi connectivity index (χ3n) is 8.44. The lowest BCUT2D eigenvalue weighted by atomic mass is 9.80. The van der Waals surface area contributed by atoms with Gasteiger partial charge >= 0.3 is 6.03 Å². The van der Waals surface area contributed by atoms with Gasteiger partial charge in [-0.1, -0.05) is 39.7 Å². The number of primary amides is 1. The predicted molar refractivity (Wildman–Crippen MR) is 147 cm³/mol.